The highest BCUT2D eigenvalue weighted by atomic mass is 16.5. The topological polar surface area (TPSA) is 75.6 Å². The van der Waals surface area contributed by atoms with Gasteiger partial charge in [-0.3, -0.25) is 9.59 Å². The molecule has 18 heavy (non-hydrogen) atoms. The highest BCUT2D eigenvalue weighted by Gasteiger charge is 2.33. The van der Waals surface area contributed by atoms with Crippen molar-refractivity contribution in [3.8, 4) is 0 Å². The summed E-state index contributed by atoms with van der Waals surface area (Å²) in [5, 5.41) is 11.6. The number of hydrogen-bond donors (Lipinski definition) is 2. The van der Waals surface area contributed by atoms with Crippen LogP contribution in [-0.2, 0) is 14.3 Å². The number of carboxylic acid groups (broad SMARTS) is 1. The Labute approximate surface area is 108 Å². The Balaban J connectivity index is 2.39. The van der Waals surface area contributed by atoms with E-state index in [9.17, 15) is 9.59 Å². The molecule has 0 amide bonds. The number of hydrogen-bond acceptors (Lipinski definition) is 4. The van der Waals surface area contributed by atoms with E-state index in [1.165, 1.54) is 0 Å². The van der Waals surface area contributed by atoms with Crippen molar-refractivity contribution in [2.75, 3.05) is 6.54 Å². The van der Waals surface area contributed by atoms with Crippen LogP contribution in [0.3, 0.4) is 0 Å². The number of carboxylic acids is 1. The van der Waals surface area contributed by atoms with Crippen LogP contribution in [0.1, 0.15) is 40.5 Å². The van der Waals surface area contributed by atoms with Gasteiger partial charge in [-0.15, -0.1) is 0 Å². The third-order valence-corrected chi connectivity index (χ3v) is 2.99. The lowest BCUT2D eigenvalue weighted by molar-refractivity contribution is -0.154. The van der Waals surface area contributed by atoms with E-state index in [1.807, 2.05) is 6.92 Å². The smallest absolute Gasteiger partial charge is 0.320 e. The van der Waals surface area contributed by atoms with E-state index in [2.05, 4.69) is 26.1 Å². The largest absolute Gasteiger partial charge is 0.480 e. The Morgan fingerprint density at radius 2 is 2.06 bits per heavy atom. The molecule has 0 aliphatic carbocycles. The number of ether oxygens (including phenoxy) is 1. The van der Waals surface area contributed by atoms with Crippen LogP contribution < -0.4 is 5.32 Å². The molecule has 1 heterocycles. The van der Waals surface area contributed by atoms with E-state index in [1.54, 1.807) is 0 Å². The summed E-state index contributed by atoms with van der Waals surface area (Å²) < 4.78 is 5.33. The van der Waals surface area contributed by atoms with Crippen LogP contribution in [0.25, 0.3) is 0 Å². The second kappa shape index (κ2) is 5.69. The Hall–Kier alpha value is -1.10. The van der Waals surface area contributed by atoms with Crippen LogP contribution in [0.4, 0.5) is 0 Å². The van der Waals surface area contributed by atoms with Gasteiger partial charge in [0, 0.05) is 13.0 Å². The molecule has 5 heteroatoms. The third kappa shape index (κ3) is 4.64. The molecule has 1 aliphatic heterocycles. The zero-order valence-electron chi connectivity index (χ0n) is 11.5. The average molecular weight is 257 g/mol. The molecule has 0 radical (unpaired) electrons. The Morgan fingerprint density at radius 1 is 1.44 bits per heavy atom. The monoisotopic (exact) mass is 257 g/mol. The Morgan fingerprint density at radius 3 is 2.50 bits per heavy atom. The van der Waals surface area contributed by atoms with Crippen LogP contribution in [0.2, 0.25) is 0 Å². The van der Waals surface area contributed by atoms with E-state index in [0.29, 0.717) is 13.0 Å². The summed E-state index contributed by atoms with van der Waals surface area (Å²) in [5.41, 5.74) is 0.0793. The third-order valence-electron chi connectivity index (χ3n) is 2.99. The van der Waals surface area contributed by atoms with Gasteiger partial charge < -0.3 is 15.2 Å². The van der Waals surface area contributed by atoms with Gasteiger partial charge in [0.15, 0.2) is 0 Å². The van der Waals surface area contributed by atoms with Crippen molar-refractivity contribution in [2.45, 2.75) is 52.7 Å². The van der Waals surface area contributed by atoms with Gasteiger partial charge >= 0.3 is 11.9 Å². The van der Waals surface area contributed by atoms with Gasteiger partial charge in [0.25, 0.3) is 0 Å². The van der Waals surface area contributed by atoms with E-state index in [0.717, 1.165) is 6.42 Å². The van der Waals surface area contributed by atoms with Crippen molar-refractivity contribution in [1.29, 1.82) is 0 Å². The minimum atomic E-state index is -0.892. The predicted molar refractivity (Wildman–Crippen MR) is 67.2 cm³/mol. The maximum Gasteiger partial charge on any atom is 0.320 e. The van der Waals surface area contributed by atoms with E-state index in [4.69, 9.17) is 9.84 Å². The average Bonchev–Trinajstić information content (AvgIpc) is 2.63. The number of esters is 1. The number of aliphatic carboxylic acids is 1. The quantitative estimate of drug-likeness (QED) is 0.745. The number of rotatable bonds is 4. The van der Waals surface area contributed by atoms with Crippen LogP contribution in [0, 0.1) is 11.3 Å². The first-order chi connectivity index (χ1) is 8.19. The van der Waals surface area contributed by atoms with Gasteiger partial charge in [-0.2, -0.15) is 0 Å². The first kappa shape index (κ1) is 15.0. The Kier molecular flexibility index (Phi) is 4.73. The lowest BCUT2D eigenvalue weighted by Gasteiger charge is -2.23. The van der Waals surface area contributed by atoms with Crippen LogP contribution in [-0.4, -0.2) is 35.7 Å². The zero-order valence-corrected chi connectivity index (χ0v) is 11.5. The zero-order chi connectivity index (χ0) is 13.9. The number of nitrogens with one attached hydrogen (secondary N) is 1. The van der Waals surface area contributed by atoms with Crippen molar-refractivity contribution in [1.82, 2.24) is 5.32 Å². The lowest BCUT2D eigenvalue weighted by atomic mass is 9.85. The minimum absolute atomic E-state index is 0.0793. The van der Waals surface area contributed by atoms with Gasteiger partial charge in [0.1, 0.15) is 12.1 Å². The molecule has 0 bridgehead atoms. The molecule has 0 saturated carbocycles. The molecule has 3 atom stereocenters. The lowest BCUT2D eigenvalue weighted by Crippen LogP contribution is -2.30. The van der Waals surface area contributed by atoms with Crippen LogP contribution >= 0.6 is 0 Å². The van der Waals surface area contributed by atoms with Crippen molar-refractivity contribution in [2.24, 2.45) is 11.3 Å². The van der Waals surface area contributed by atoms with Crippen molar-refractivity contribution < 1.29 is 19.4 Å². The molecule has 1 saturated heterocycles. The molecule has 5 nitrogen and oxygen atoms in total. The van der Waals surface area contributed by atoms with Gasteiger partial charge in [-0.1, -0.05) is 27.7 Å². The molecule has 1 aliphatic rings. The molecule has 2 N–H and O–H groups in total. The van der Waals surface area contributed by atoms with E-state index < -0.39 is 12.0 Å². The summed E-state index contributed by atoms with van der Waals surface area (Å²) in [5.74, 6) is -1.28. The number of carbonyl (C=O) groups is 2. The molecule has 1 unspecified atom stereocenters. The summed E-state index contributed by atoms with van der Waals surface area (Å²) >= 11 is 0. The maximum atomic E-state index is 11.9. The highest BCUT2D eigenvalue weighted by Crippen LogP contribution is 2.25. The summed E-state index contributed by atoms with van der Waals surface area (Å²) in [6, 6.07) is -0.597. The summed E-state index contributed by atoms with van der Waals surface area (Å²) in [4.78, 5) is 22.6. The number of carbonyl (C=O) groups excluding carboxylic acids is 1. The van der Waals surface area contributed by atoms with Crippen molar-refractivity contribution in [3.63, 3.8) is 0 Å². The first-order valence-electron chi connectivity index (χ1n) is 6.36. The molecule has 1 rings (SSSR count). The first-order valence-corrected chi connectivity index (χ1v) is 6.36. The van der Waals surface area contributed by atoms with Gasteiger partial charge in [-0.25, -0.2) is 0 Å². The van der Waals surface area contributed by atoms with Crippen molar-refractivity contribution >= 4 is 11.9 Å². The second-order valence-electron chi connectivity index (χ2n) is 6.26. The maximum absolute atomic E-state index is 11.9. The molecule has 1 fully saturated rings. The molecule has 0 aromatic rings. The molecule has 0 aromatic heterocycles. The fraction of sp³-hybridized carbons (Fsp3) is 0.846. The summed E-state index contributed by atoms with van der Waals surface area (Å²) in [6.07, 6.45) is 0.790. The summed E-state index contributed by atoms with van der Waals surface area (Å²) in [6.45, 7) is 8.51. The van der Waals surface area contributed by atoms with Gasteiger partial charge in [-0.05, 0) is 11.8 Å². The predicted octanol–water partition coefficient (Wildman–Crippen LogP) is 1.42. The minimum Gasteiger partial charge on any atom is -0.480 e. The fourth-order valence-electron chi connectivity index (χ4n) is 2.26. The van der Waals surface area contributed by atoms with E-state index >= 15 is 0 Å². The van der Waals surface area contributed by atoms with Crippen LogP contribution in [0.15, 0.2) is 0 Å². The SMILES string of the molecule is CC(CC(C)(C)C)C(=O)O[C@H]1CN[C@H](C(=O)O)C1. The molecular weight excluding hydrogens is 234 g/mol. The molecule has 104 valence electrons. The summed E-state index contributed by atoms with van der Waals surface area (Å²) in [7, 11) is 0. The standard InChI is InChI=1S/C13H23NO4/c1-8(6-13(2,3)4)12(17)18-9-5-10(11(15)16)14-7-9/h8-10,14H,5-7H2,1-4H3,(H,15,16)/t8?,9-,10+/m1/s1. The normalized spacial score (nSPS) is 25.8. The molecule has 0 aromatic carbocycles. The van der Waals surface area contributed by atoms with Crippen LogP contribution in [0.5, 0.6) is 0 Å². The van der Waals surface area contributed by atoms with Gasteiger partial charge in [0.2, 0.25) is 0 Å². The fourth-order valence-corrected chi connectivity index (χ4v) is 2.26. The second-order valence-corrected chi connectivity index (χ2v) is 6.26. The molecular formula is C13H23NO4. The Bertz CT molecular complexity index is 321. The van der Waals surface area contributed by atoms with E-state index in [-0.39, 0.29) is 23.4 Å². The highest BCUT2D eigenvalue weighted by molar-refractivity contribution is 5.75. The van der Waals surface area contributed by atoms with Gasteiger partial charge in [0.05, 0.1) is 5.92 Å². The molecule has 0 spiro atoms. The van der Waals surface area contributed by atoms with Crippen molar-refractivity contribution in [3.05, 3.63) is 0 Å².